The van der Waals surface area contributed by atoms with Gasteiger partial charge in [0.25, 0.3) is 0 Å². The number of esters is 1. The van der Waals surface area contributed by atoms with Crippen molar-refractivity contribution in [2.24, 2.45) is 34.5 Å². The minimum atomic E-state index is -0.973. The molecule has 6 aliphatic rings. The summed E-state index contributed by atoms with van der Waals surface area (Å²) in [5.74, 6) is 0.343. The largest absolute Gasteiger partial charge is 0.458 e. The molecule has 1 saturated heterocycles. The molecule has 10 atom stereocenters. The van der Waals surface area contributed by atoms with Crippen molar-refractivity contribution >= 4 is 12.1 Å². The number of nitrogens with zero attached hydrogens (tertiary/aromatic N) is 1. The molecule has 6 rings (SSSR count). The molecule has 0 aromatic heterocycles. The SMILES string of the molecule is C[C@]12CC[C@H](OC(=O)NCCN3CC[C@H](O)C3)C[C@H]1CC[C@@H]1[C@@H]2C[C@@H](O)[C@]2(C)[C@@H](C3=CC(=O)OC3)CC[C@]12O. The number of aliphatic hydroxyl groups is 3. The maximum Gasteiger partial charge on any atom is 0.407 e. The Morgan fingerprint density at radius 2 is 1.95 bits per heavy atom. The van der Waals surface area contributed by atoms with Crippen molar-refractivity contribution in [3.8, 4) is 0 Å². The van der Waals surface area contributed by atoms with Gasteiger partial charge in [0.2, 0.25) is 0 Å². The zero-order valence-electron chi connectivity index (χ0n) is 23.4. The molecular formula is C30H46N2O7. The van der Waals surface area contributed by atoms with Crippen LogP contribution in [0, 0.1) is 34.5 Å². The van der Waals surface area contributed by atoms with Crippen molar-refractivity contribution in [1.29, 1.82) is 0 Å². The normalized spacial score (nSPS) is 47.6. The lowest BCUT2D eigenvalue weighted by molar-refractivity contribution is -0.244. The fourth-order valence-corrected chi connectivity index (χ4v) is 9.98. The number of ether oxygens (including phenoxy) is 2. The van der Waals surface area contributed by atoms with Crippen molar-refractivity contribution in [2.75, 3.05) is 32.8 Å². The molecule has 0 aromatic rings. The van der Waals surface area contributed by atoms with E-state index in [4.69, 9.17) is 9.47 Å². The van der Waals surface area contributed by atoms with E-state index >= 15 is 0 Å². The van der Waals surface area contributed by atoms with Crippen molar-refractivity contribution < 1.29 is 34.4 Å². The first-order valence-electron chi connectivity index (χ1n) is 15.2. The lowest BCUT2D eigenvalue weighted by Crippen LogP contribution is -2.67. The molecule has 0 unspecified atom stereocenters. The summed E-state index contributed by atoms with van der Waals surface area (Å²) in [5.41, 5.74) is -0.760. The highest BCUT2D eigenvalue weighted by Crippen LogP contribution is 2.70. The van der Waals surface area contributed by atoms with Crippen molar-refractivity contribution in [3.63, 3.8) is 0 Å². The smallest absolute Gasteiger partial charge is 0.407 e. The predicted molar refractivity (Wildman–Crippen MR) is 142 cm³/mol. The number of β-amino-alcohol motifs (C(OH)–C–C–N with tert-alkyl or cyclic N) is 1. The van der Waals surface area contributed by atoms with Gasteiger partial charge in [-0.2, -0.15) is 0 Å². The van der Waals surface area contributed by atoms with E-state index in [0.717, 1.165) is 57.1 Å². The van der Waals surface area contributed by atoms with Crippen molar-refractivity contribution in [2.45, 2.75) is 95.5 Å². The highest BCUT2D eigenvalue weighted by atomic mass is 16.6. The van der Waals surface area contributed by atoms with Gasteiger partial charge >= 0.3 is 12.1 Å². The third-order valence-electron chi connectivity index (χ3n) is 12.2. The lowest BCUT2D eigenvalue weighted by atomic mass is 9.42. The maximum absolute atomic E-state index is 12.5. The monoisotopic (exact) mass is 546 g/mol. The number of hydrogen-bond donors (Lipinski definition) is 4. The number of rotatable bonds is 5. The number of carbonyl (C=O) groups is 2. The van der Waals surface area contributed by atoms with Crippen molar-refractivity contribution in [3.05, 3.63) is 11.6 Å². The Labute approximate surface area is 231 Å². The number of likely N-dealkylation sites (tertiary alicyclic amines) is 1. The quantitative estimate of drug-likeness (QED) is 0.387. The van der Waals surface area contributed by atoms with Gasteiger partial charge in [-0.15, -0.1) is 0 Å². The Hall–Kier alpha value is -1.68. The number of fused-ring (bicyclic) bond motifs is 5. The highest BCUT2D eigenvalue weighted by Gasteiger charge is 2.70. The standard InChI is InChI=1S/C30H46N2O7/c1-28-8-5-21(39-27(36)31-10-12-32-11-7-20(33)16-32)14-19(28)3-4-23-24(28)15-25(34)29(2)22(6-9-30(23,29)37)18-13-26(35)38-17-18/h13,19-25,33-34,37H,3-12,14-17H2,1-2H3,(H,31,36)/t19-,20+,21+,22-,23-,24+,25-,28+,29+,30+/m1/s1. The Kier molecular flexibility index (Phi) is 7.05. The van der Waals surface area contributed by atoms with Gasteiger partial charge < -0.3 is 30.1 Å². The Morgan fingerprint density at radius 1 is 1.13 bits per heavy atom. The van der Waals surface area contributed by atoms with Crippen LogP contribution in [0.4, 0.5) is 4.79 Å². The molecule has 0 bridgehead atoms. The third-order valence-corrected chi connectivity index (χ3v) is 12.2. The molecule has 1 amide bonds. The first kappa shape index (κ1) is 27.5. The molecule has 0 radical (unpaired) electrons. The lowest BCUT2D eigenvalue weighted by Gasteiger charge is -2.65. The van der Waals surface area contributed by atoms with E-state index in [1.807, 2.05) is 6.92 Å². The summed E-state index contributed by atoms with van der Waals surface area (Å²) in [7, 11) is 0. The summed E-state index contributed by atoms with van der Waals surface area (Å²) in [6, 6.07) is 0. The highest BCUT2D eigenvalue weighted by molar-refractivity contribution is 5.85. The molecule has 0 aromatic carbocycles. The molecule has 4 N–H and O–H groups in total. The number of nitrogens with one attached hydrogen (secondary N) is 1. The predicted octanol–water partition coefficient (Wildman–Crippen LogP) is 2.38. The molecule has 9 nitrogen and oxygen atoms in total. The summed E-state index contributed by atoms with van der Waals surface area (Å²) in [6.45, 7) is 7.40. The van der Waals surface area contributed by atoms with E-state index in [1.165, 1.54) is 0 Å². The summed E-state index contributed by atoms with van der Waals surface area (Å²) >= 11 is 0. The summed E-state index contributed by atoms with van der Waals surface area (Å²) in [5, 5.41) is 36.6. The van der Waals surface area contributed by atoms with E-state index in [9.17, 15) is 24.9 Å². The topological polar surface area (TPSA) is 129 Å². The van der Waals surface area contributed by atoms with E-state index in [0.29, 0.717) is 38.4 Å². The fourth-order valence-electron chi connectivity index (χ4n) is 9.98. The van der Waals surface area contributed by atoms with E-state index in [2.05, 4.69) is 17.1 Å². The maximum atomic E-state index is 12.5. The molecule has 218 valence electrons. The van der Waals surface area contributed by atoms with Crippen LogP contribution in [0.15, 0.2) is 11.6 Å². The van der Waals surface area contributed by atoms with E-state index in [1.54, 1.807) is 6.08 Å². The Balaban J connectivity index is 1.09. The number of hydrogen-bond acceptors (Lipinski definition) is 8. The molecule has 2 aliphatic heterocycles. The van der Waals surface area contributed by atoms with Gasteiger partial charge in [0.15, 0.2) is 0 Å². The Bertz CT molecular complexity index is 1020. The number of alkyl carbamates (subject to hydrolysis) is 1. The van der Waals surface area contributed by atoms with Crippen LogP contribution in [0.1, 0.15) is 71.6 Å². The van der Waals surface area contributed by atoms with E-state index in [-0.39, 0.29) is 54.0 Å². The van der Waals surface area contributed by atoms with Gasteiger partial charge in [-0.1, -0.05) is 13.8 Å². The first-order chi connectivity index (χ1) is 18.5. The summed E-state index contributed by atoms with van der Waals surface area (Å²) < 4.78 is 11.1. The van der Waals surface area contributed by atoms with Gasteiger partial charge in [-0.3, -0.25) is 4.90 Å². The number of cyclic esters (lactones) is 1. The van der Waals surface area contributed by atoms with Crippen LogP contribution >= 0.6 is 0 Å². The van der Waals surface area contributed by atoms with Gasteiger partial charge in [0.1, 0.15) is 12.7 Å². The Morgan fingerprint density at radius 3 is 2.67 bits per heavy atom. The van der Waals surface area contributed by atoms with Gasteiger partial charge in [0, 0.05) is 37.7 Å². The third kappa shape index (κ3) is 4.43. The van der Waals surface area contributed by atoms with Crippen LogP contribution in [0.5, 0.6) is 0 Å². The van der Waals surface area contributed by atoms with Gasteiger partial charge in [-0.05, 0) is 92.4 Å². The second-order valence-electron chi connectivity index (χ2n) is 13.8. The molecule has 4 aliphatic carbocycles. The van der Waals surface area contributed by atoms with Crippen LogP contribution < -0.4 is 5.32 Å². The van der Waals surface area contributed by atoms with Crippen LogP contribution in [-0.2, 0) is 14.3 Å². The zero-order valence-corrected chi connectivity index (χ0v) is 23.4. The molecule has 9 heteroatoms. The molecular weight excluding hydrogens is 500 g/mol. The van der Waals surface area contributed by atoms with E-state index < -0.39 is 17.1 Å². The molecule has 0 spiro atoms. The van der Waals surface area contributed by atoms with Crippen LogP contribution in [0.3, 0.4) is 0 Å². The van der Waals surface area contributed by atoms with Crippen molar-refractivity contribution in [1.82, 2.24) is 10.2 Å². The molecule has 4 saturated carbocycles. The zero-order chi connectivity index (χ0) is 27.6. The summed E-state index contributed by atoms with van der Waals surface area (Å²) in [4.78, 5) is 26.5. The summed E-state index contributed by atoms with van der Waals surface area (Å²) in [6.07, 6.45) is 7.46. The minimum Gasteiger partial charge on any atom is -0.458 e. The fraction of sp³-hybridized carbons (Fsp3) is 0.867. The van der Waals surface area contributed by atoms with Crippen LogP contribution in [-0.4, -0.2) is 89.0 Å². The van der Waals surface area contributed by atoms with Gasteiger partial charge in [0.05, 0.1) is 17.8 Å². The van der Waals surface area contributed by atoms with Gasteiger partial charge in [-0.25, -0.2) is 9.59 Å². The number of amides is 1. The average molecular weight is 547 g/mol. The number of aliphatic hydroxyl groups excluding tert-OH is 2. The first-order valence-corrected chi connectivity index (χ1v) is 15.2. The second kappa shape index (κ2) is 10.00. The van der Waals surface area contributed by atoms with Crippen LogP contribution in [0.2, 0.25) is 0 Å². The molecule has 2 heterocycles. The number of carbonyl (C=O) groups excluding carboxylic acids is 2. The second-order valence-corrected chi connectivity index (χ2v) is 13.8. The average Bonchev–Trinajstić information content (AvgIpc) is 3.58. The van der Waals surface area contributed by atoms with Crippen LogP contribution in [0.25, 0.3) is 0 Å². The molecule has 5 fully saturated rings. The molecule has 39 heavy (non-hydrogen) atoms. The minimum absolute atomic E-state index is 0.0162.